The minimum atomic E-state index is -0.608. The number of aliphatic hydroxyl groups is 2. The van der Waals surface area contributed by atoms with Crippen LogP contribution in [0.25, 0.3) is 0 Å². The highest BCUT2D eigenvalue weighted by Gasteiger charge is 2.50. The summed E-state index contributed by atoms with van der Waals surface area (Å²) in [4.78, 5) is 2.11. The second kappa shape index (κ2) is 3.20. The number of hydrogen-bond acceptors (Lipinski definition) is 4. The third kappa shape index (κ3) is 1.86. The molecule has 76 valence electrons. The first-order chi connectivity index (χ1) is 6.14. The van der Waals surface area contributed by atoms with Gasteiger partial charge in [-0.2, -0.15) is 0 Å². The van der Waals surface area contributed by atoms with E-state index in [9.17, 15) is 5.11 Å². The maximum Gasteiger partial charge on any atom is 0.0897 e. The minimum absolute atomic E-state index is 0.0230. The molecule has 4 heteroatoms. The maximum absolute atomic E-state index is 9.19. The van der Waals surface area contributed by atoms with Crippen LogP contribution < -0.4 is 5.73 Å². The summed E-state index contributed by atoms with van der Waals surface area (Å²) in [5, 5.41) is 17.8. The number of nitrogens with two attached hydrogens (primary N) is 1. The van der Waals surface area contributed by atoms with Crippen LogP contribution in [0.5, 0.6) is 0 Å². The Hall–Kier alpha value is -0.160. The van der Waals surface area contributed by atoms with Crippen LogP contribution >= 0.6 is 0 Å². The van der Waals surface area contributed by atoms with Crippen molar-refractivity contribution >= 4 is 0 Å². The number of β-amino-alcohol motifs (C(OH)–C–C–N with tert-alkyl or cyclic N) is 1. The van der Waals surface area contributed by atoms with Gasteiger partial charge in [0.15, 0.2) is 0 Å². The van der Waals surface area contributed by atoms with Crippen LogP contribution in [0.1, 0.15) is 12.8 Å². The van der Waals surface area contributed by atoms with Crippen molar-refractivity contribution in [3.8, 4) is 0 Å². The highest BCUT2D eigenvalue weighted by molar-refractivity contribution is 5.09. The van der Waals surface area contributed by atoms with E-state index >= 15 is 0 Å². The summed E-state index contributed by atoms with van der Waals surface area (Å²) in [6, 6.07) is 0. The van der Waals surface area contributed by atoms with Gasteiger partial charge >= 0.3 is 0 Å². The normalized spacial score (nSPS) is 29.8. The molecule has 0 amide bonds. The van der Waals surface area contributed by atoms with E-state index in [-0.39, 0.29) is 12.1 Å². The lowest BCUT2D eigenvalue weighted by Gasteiger charge is -2.48. The Morgan fingerprint density at radius 1 is 1.46 bits per heavy atom. The second-order valence-electron chi connectivity index (χ2n) is 4.51. The molecule has 0 aromatic heterocycles. The highest BCUT2D eigenvalue weighted by Crippen LogP contribution is 2.42. The fourth-order valence-electron chi connectivity index (χ4n) is 2.19. The van der Waals surface area contributed by atoms with E-state index in [1.54, 1.807) is 0 Å². The van der Waals surface area contributed by atoms with Crippen LogP contribution in [0.15, 0.2) is 0 Å². The smallest absolute Gasteiger partial charge is 0.0897 e. The SMILES string of the molecule is NC1(C2CC2)CN(CC(O)CO)C1. The van der Waals surface area contributed by atoms with Crippen molar-refractivity contribution in [1.29, 1.82) is 0 Å². The average molecular weight is 186 g/mol. The topological polar surface area (TPSA) is 69.7 Å². The fraction of sp³-hybridized carbons (Fsp3) is 1.00. The lowest BCUT2D eigenvalue weighted by Crippen LogP contribution is -2.69. The molecule has 4 nitrogen and oxygen atoms in total. The second-order valence-corrected chi connectivity index (χ2v) is 4.51. The lowest BCUT2D eigenvalue weighted by molar-refractivity contribution is -0.00464. The number of nitrogens with zero attached hydrogens (tertiary/aromatic N) is 1. The molecule has 0 radical (unpaired) electrons. The largest absolute Gasteiger partial charge is 0.394 e. The molecule has 0 spiro atoms. The Bertz CT molecular complexity index is 188. The summed E-state index contributed by atoms with van der Waals surface area (Å²) < 4.78 is 0. The Morgan fingerprint density at radius 3 is 2.54 bits per heavy atom. The maximum atomic E-state index is 9.19. The molecule has 2 fully saturated rings. The van der Waals surface area contributed by atoms with E-state index in [0.29, 0.717) is 6.54 Å². The Kier molecular flexibility index (Phi) is 2.32. The van der Waals surface area contributed by atoms with Crippen molar-refractivity contribution in [2.45, 2.75) is 24.5 Å². The summed E-state index contributed by atoms with van der Waals surface area (Å²) in [5.74, 6) is 0.718. The van der Waals surface area contributed by atoms with E-state index in [0.717, 1.165) is 19.0 Å². The molecule has 13 heavy (non-hydrogen) atoms. The molecule has 1 saturated heterocycles. The van der Waals surface area contributed by atoms with E-state index in [2.05, 4.69) is 4.90 Å². The van der Waals surface area contributed by atoms with Crippen LogP contribution in [0.3, 0.4) is 0 Å². The summed E-state index contributed by atoms with van der Waals surface area (Å²) in [6.45, 7) is 2.17. The van der Waals surface area contributed by atoms with Gasteiger partial charge < -0.3 is 15.9 Å². The molecule has 1 aliphatic carbocycles. The standard InChI is InChI=1S/C9H18N2O2/c10-9(7-1-2-7)5-11(6-9)3-8(13)4-12/h7-8,12-13H,1-6,10H2. The van der Waals surface area contributed by atoms with Crippen molar-refractivity contribution in [2.75, 3.05) is 26.2 Å². The van der Waals surface area contributed by atoms with Crippen molar-refractivity contribution in [2.24, 2.45) is 11.7 Å². The lowest BCUT2D eigenvalue weighted by atomic mass is 9.85. The molecular formula is C9H18N2O2. The zero-order valence-electron chi connectivity index (χ0n) is 7.82. The van der Waals surface area contributed by atoms with E-state index in [4.69, 9.17) is 10.8 Å². The molecule has 1 atom stereocenters. The highest BCUT2D eigenvalue weighted by atomic mass is 16.3. The molecule has 1 heterocycles. The monoisotopic (exact) mass is 186 g/mol. The van der Waals surface area contributed by atoms with E-state index < -0.39 is 6.10 Å². The van der Waals surface area contributed by atoms with E-state index in [1.807, 2.05) is 0 Å². The first kappa shape index (κ1) is 9.40. The van der Waals surface area contributed by atoms with Gasteiger partial charge in [-0.1, -0.05) is 0 Å². The van der Waals surface area contributed by atoms with Gasteiger partial charge in [0.1, 0.15) is 0 Å². The summed E-state index contributed by atoms with van der Waals surface area (Å²) in [5.41, 5.74) is 6.15. The van der Waals surface area contributed by atoms with Crippen LogP contribution in [0, 0.1) is 5.92 Å². The van der Waals surface area contributed by atoms with Gasteiger partial charge in [0, 0.05) is 25.2 Å². The molecule has 0 aromatic rings. The third-order valence-electron chi connectivity index (χ3n) is 3.11. The number of aliphatic hydroxyl groups excluding tert-OH is 2. The quantitative estimate of drug-likeness (QED) is 0.514. The molecule has 1 saturated carbocycles. The van der Waals surface area contributed by atoms with Crippen LogP contribution in [0.2, 0.25) is 0 Å². The fourth-order valence-corrected chi connectivity index (χ4v) is 2.19. The predicted octanol–water partition coefficient (Wildman–Crippen LogP) is -1.24. The molecule has 0 bridgehead atoms. The molecule has 0 aromatic carbocycles. The Labute approximate surface area is 78.3 Å². The zero-order chi connectivity index (χ0) is 9.47. The van der Waals surface area contributed by atoms with Gasteiger partial charge in [0.05, 0.1) is 12.7 Å². The summed E-state index contributed by atoms with van der Waals surface area (Å²) in [7, 11) is 0. The number of likely N-dealkylation sites (tertiary alicyclic amines) is 1. The van der Waals surface area contributed by atoms with Gasteiger partial charge in [-0.3, -0.25) is 4.90 Å². The van der Waals surface area contributed by atoms with Gasteiger partial charge in [-0.15, -0.1) is 0 Å². The van der Waals surface area contributed by atoms with Gasteiger partial charge in [-0.05, 0) is 18.8 Å². The molecule has 1 aliphatic heterocycles. The Balaban J connectivity index is 1.71. The van der Waals surface area contributed by atoms with Crippen LogP contribution in [-0.2, 0) is 0 Å². The molecule has 2 rings (SSSR count). The van der Waals surface area contributed by atoms with Crippen molar-refractivity contribution in [1.82, 2.24) is 4.90 Å². The Morgan fingerprint density at radius 2 is 2.08 bits per heavy atom. The summed E-state index contributed by atoms with van der Waals surface area (Å²) in [6.07, 6.45) is 1.93. The molecular weight excluding hydrogens is 168 g/mol. The van der Waals surface area contributed by atoms with Gasteiger partial charge in [0.2, 0.25) is 0 Å². The van der Waals surface area contributed by atoms with Crippen molar-refractivity contribution < 1.29 is 10.2 Å². The number of rotatable bonds is 4. The molecule has 4 N–H and O–H groups in total. The average Bonchev–Trinajstić information content (AvgIpc) is 2.83. The predicted molar refractivity (Wildman–Crippen MR) is 49.2 cm³/mol. The number of hydrogen-bond donors (Lipinski definition) is 3. The third-order valence-corrected chi connectivity index (χ3v) is 3.11. The summed E-state index contributed by atoms with van der Waals surface area (Å²) >= 11 is 0. The van der Waals surface area contributed by atoms with Gasteiger partial charge in [0.25, 0.3) is 0 Å². The molecule has 1 unspecified atom stereocenters. The van der Waals surface area contributed by atoms with Crippen LogP contribution in [-0.4, -0.2) is 53.0 Å². The van der Waals surface area contributed by atoms with Crippen LogP contribution in [0.4, 0.5) is 0 Å². The van der Waals surface area contributed by atoms with Crippen molar-refractivity contribution in [3.63, 3.8) is 0 Å². The van der Waals surface area contributed by atoms with E-state index in [1.165, 1.54) is 12.8 Å². The van der Waals surface area contributed by atoms with Crippen molar-refractivity contribution in [3.05, 3.63) is 0 Å². The molecule has 2 aliphatic rings. The minimum Gasteiger partial charge on any atom is -0.394 e. The van der Waals surface area contributed by atoms with Gasteiger partial charge in [-0.25, -0.2) is 0 Å². The first-order valence-electron chi connectivity index (χ1n) is 4.94. The zero-order valence-corrected chi connectivity index (χ0v) is 7.82. The first-order valence-corrected chi connectivity index (χ1v) is 4.94.